The van der Waals surface area contributed by atoms with Crippen LogP contribution in [-0.2, 0) is 11.0 Å². The predicted octanol–water partition coefficient (Wildman–Crippen LogP) is 3.18. The van der Waals surface area contributed by atoms with Gasteiger partial charge in [-0.05, 0) is 32.4 Å². The first kappa shape index (κ1) is 16.3. The second kappa shape index (κ2) is 6.58. The third kappa shape index (κ3) is 4.40. The number of hydrogen-bond donors (Lipinski definition) is 1. The standard InChI is InChI=1S/C13H17F3N2O2/c1-9(2)18(8-4-6-11(19)20)12-10(13(14,15)16)5-3-7-17-12/h3,5,7,9H,4,6,8H2,1-2H3,(H,19,20). The molecule has 20 heavy (non-hydrogen) atoms. The molecule has 0 aliphatic rings. The molecule has 0 bridgehead atoms. The minimum absolute atomic E-state index is 0.0859. The summed E-state index contributed by atoms with van der Waals surface area (Å²) in [5.41, 5.74) is -0.802. The molecule has 112 valence electrons. The fourth-order valence-electron chi connectivity index (χ4n) is 1.86. The third-order valence-corrected chi connectivity index (χ3v) is 2.78. The average molecular weight is 290 g/mol. The quantitative estimate of drug-likeness (QED) is 0.874. The zero-order valence-corrected chi connectivity index (χ0v) is 11.3. The van der Waals surface area contributed by atoms with E-state index in [0.29, 0.717) is 0 Å². The SMILES string of the molecule is CC(C)N(CCCC(=O)O)c1ncccc1C(F)(F)F. The minimum atomic E-state index is -4.48. The van der Waals surface area contributed by atoms with Gasteiger partial charge in [0.25, 0.3) is 0 Å². The molecule has 0 amide bonds. The fourth-order valence-corrected chi connectivity index (χ4v) is 1.86. The van der Waals surface area contributed by atoms with Gasteiger partial charge in [-0.1, -0.05) is 0 Å². The lowest BCUT2D eigenvalue weighted by atomic mass is 10.2. The number of aromatic nitrogens is 1. The summed E-state index contributed by atoms with van der Waals surface area (Å²) in [6, 6.07) is 2.01. The number of nitrogens with zero attached hydrogens (tertiary/aromatic N) is 2. The molecule has 0 atom stereocenters. The monoisotopic (exact) mass is 290 g/mol. The lowest BCUT2D eigenvalue weighted by molar-refractivity contribution is -0.138. The Bertz CT molecular complexity index is 461. The molecule has 1 rings (SSSR count). The molecule has 0 aromatic carbocycles. The second-order valence-electron chi connectivity index (χ2n) is 4.66. The highest BCUT2D eigenvalue weighted by molar-refractivity contribution is 5.66. The first-order valence-electron chi connectivity index (χ1n) is 6.24. The lowest BCUT2D eigenvalue weighted by Gasteiger charge is -2.30. The van der Waals surface area contributed by atoms with Crippen LogP contribution in [0.1, 0.15) is 32.3 Å². The van der Waals surface area contributed by atoms with Gasteiger partial charge in [-0.15, -0.1) is 0 Å². The summed E-state index contributed by atoms with van der Waals surface area (Å²) >= 11 is 0. The van der Waals surface area contributed by atoms with Gasteiger partial charge >= 0.3 is 12.1 Å². The van der Waals surface area contributed by atoms with Crippen molar-refractivity contribution in [1.82, 2.24) is 4.98 Å². The van der Waals surface area contributed by atoms with Gasteiger partial charge in [-0.25, -0.2) is 4.98 Å². The van der Waals surface area contributed by atoms with Crippen LogP contribution in [0.4, 0.5) is 19.0 Å². The number of alkyl halides is 3. The van der Waals surface area contributed by atoms with E-state index in [1.54, 1.807) is 13.8 Å². The number of halogens is 3. The second-order valence-corrected chi connectivity index (χ2v) is 4.66. The average Bonchev–Trinajstić information content (AvgIpc) is 2.33. The van der Waals surface area contributed by atoms with Crippen molar-refractivity contribution >= 4 is 11.8 Å². The molecule has 0 fully saturated rings. The highest BCUT2D eigenvalue weighted by Crippen LogP contribution is 2.35. The van der Waals surface area contributed by atoms with Gasteiger partial charge in [0.1, 0.15) is 5.82 Å². The van der Waals surface area contributed by atoms with Gasteiger partial charge in [0.15, 0.2) is 0 Å². The van der Waals surface area contributed by atoms with Gasteiger partial charge in [-0.3, -0.25) is 4.79 Å². The largest absolute Gasteiger partial charge is 0.481 e. The van der Waals surface area contributed by atoms with E-state index in [-0.39, 0.29) is 31.2 Å². The van der Waals surface area contributed by atoms with Crippen LogP contribution in [0, 0.1) is 0 Å². The Morgan fingerprint density at radius 3 is 2.60 bits per heavy atom. The molecule has 0 aliphatic carbocycles. The van der Waals surface area contributed by atoms with Crippen molar-refractivity contribution in [2.45, 2.75) is 38.9 Å². The minimum Gasteiger partial charge on any atom is -0.481 e. The van der Waals surface area contributed by atoms with Gasteiger partial charge in [0.2, 0.25) is 0 Å². The van der Waals surface area contributed by atoms with Crippen LogP contribution >= 0.6 is 0 Å². The van der Waals surface area contributed by atoms with Crippen molar-refractivity contribution in [3.63, 3.8) is 0 Å². The first-order chi connectivity index (χ1) is 9.23. The van der Waals surface area contributed by atoms with Crippen LogP contribution in [0.5, 0.6) is 0 Å². The Hall–Kier alpha value is -1.79. The number of carboxylic acids is 1. The van der Waals surface area contributed by atoms with Crippen molar-refractivity contribution < 1.29 is 23.1 Å². The summed E-state index contributed by atoms with van der Waals surface area (Å²) in [6.07, 6.45) is -3.00. The maximum absolute atomic E-state index is 13.0. The fraction of sp³-hybridized carbons (Fsp3) is 0.538. The van der Waals surface area contributed by atoms with E-state index in [2.05, 4.69) is 4.98 Å². The molecular formula is C13H17F3N2O2. The Labute approximate surface area is 115 Å². The van der Waals surface area contributed by atoms with E-state index < -0.39 is 17.7 Å². The molecule has 0 saturated heterocycles. The van der Waals surface area contributed by atoms with Crippen molar-refractivity contribution in [3.05, 3.63) is 23.9 Å². The maximum Gasteiger partial charge on any atom is 0.419 e. The van der Waals surface area contributed by atoms with Crippen molar-refractivity contribution in [2.75, 3.05) is 11.4 Å². The van der Waals surface area contributed by atoms with Gasteiger partial charge in [0.05, 0.1) is 5.56 Å². The molecule has 4 nitrogen and oxygen atoms in total. The molecule has 0 aliphatic heterocycles. The van der Waals surface area contributed by atoms with Crippen LogP contribution < -0.4 is 4.90 Å². The number of carbonyl (C=O) groups is 1. The molecule has 0 radical (unpaired) electrons. The smallest absolute Gasteiger partial charge is 0.419 e. The van der Waals surface area contributed by atoms with E-state index in [9.17, 15) is 18.0 Å². The predicted molar refractivity (Wildman–Crippen MR) is 68.6 cm³/mol. The van der Waals surface area contributed by atoms with Crippen LogP contribution in [0.15, 0.2) is 18.3 Å². The highest BCUT2D eigenvalue weighted by Gasteiger charge is 2.36. The Morgan fingerprint density at radius 1 is 1.45 bits per heavy atom. The summed E-state index contributed by atoms with van der Waals surface area (Å²) in [5, 5.41) is 8.61. The van der Waals surface area contributed by atoms with Gasteiger partial charge in [-0.2, -0.15) is 13.2 Å². The maximum atomic E-state index is 13.0. The molecule has 1 heterocycles. The summed E-state index contributed by atoms with van der Waals surface area (Å²) in [4.78, 5) is 15.8. The normalized spacial score (nSPS) is 11.7. The summed E-state index contributed by atoms with van der Waals surface area (Å²) in [6.45, 7) is 3.70. The van der Waals surface area contributed by atoms with E-state index in [0.717, 1.165) is 6.07 Å². The molecule has 0 spiro atoms. The topological polar surface area (TPSA) is 53.4 Å². The molecule has 1 N–H and O–H groups in total. The summed E-state index contributed by atoms with van der Waals surface area (Å²) in [7, 11) is 0. The van der Waals surface area contributed by atoms with Crippen molar-refractivity contribution in [1.29, 1.82) is 0 Å². The number of pyridine rings is 1. The number of rotatable bonds is 6. The van der Waals surface area contributed by atoms with E-state index in [1.807, 2.05) is 0 Å². The Balaban J connectivity index is 3.00. The first-order valence-corrected chi connectivity index (χ1v) is 6.24. The zero-order valence-electron chi connectivity index (χ0n) is 11.3. The van der Waals surface area contributed by atoms with Gasteiger partial charge < -0.3 is 10.0 Å². The van der Waals surface area contributed by atoms with Crippen LogP contribution in [0.3, 0.4) is 0 Å². The van der Waals surface area contributed by atoms with E-state index >= 15 is 0 Å². The molecule has 1 aromatic heterocycles. The van der Waals surface area contributed by atoms with Crippen molar-refractivity contribution in [3.8, 4) is 0 Å². The number of anilines is 1. The Morgan fingerprint density at radius 2 is 2.10 bits per heavy atom. The van der Waals surface area contributed by atoms with Crippen LogP contribution in [0.2, 0.25) is 0 Å². The Kier molecular flexibility index (Phi) is 5.35. The van der Waals surface area contributed by atoms with Crippen molar-refractivity contribution in [2.24, 2.45) is 0 Å². The molecule has 0 saturated carbocycles. The third-order valence-electron chi connectivity index (χ3n) is 2.78. The highest BCUT2D eigenvalue weighted by atomic mass is 19.4. The van der Waals surface area contributed by atoms with Crippen LogP contribution in [0.25, 0.3) is 0 Å². The molecular weight excluding hydrogens is 273 g/mol. The summed E-state index contributed by atoms with van der Waals surface area (Å²) < 4.78 is 38.9. The molecule has 7 heteroatoms. The number of aliphatic carboxylic acids is 1. The van der Waals surface area contributed by atoms with Crippen LogP contribution in [-0.4, -0.2) is 28.6 Å². The number of hydrogen-bond acceptors (Lipinski definition) is 3. The van der Waals surface area contributed by atoms with E-state index in [1.165, 1.54) is 17.2 Å². The van der Waals surface area contributed by atoms with E-state index in [4.69, 9.17) is 5.11 Å². The number of carboxylic acid groups (broad SMARTS) is 1. The zero-order chi connectivity index (χ0) is 15.3. The molecule has 0 unspecified atom stereocenters. The van der Waals surface area contributed by atoms with Gasteiger partial charge in [0, 0.05) is 25.2 Å². The molecule has 1 aromatic rings. The summed E-state index contributed by atoms with van der Waals surface area (Å²) in [5.74, 6) is -1.12. The lowest BCUT2D eigenvalue weighted by Crippen LogP contribution is -2.34.